The monoisotopic (exact) mass is 1030 g/mol. The molecule has 432 valence electrons. The summed E-state index contributed by atoms with van der Waals surface area (Å²) in [5.74, 6) is -0.172. The van der Waals surface area contributed by atoms with E-state index in [1.165, 1.54) is 263 Å². The smallest absolute Gasteiger partial charge is 0.220 e. The highest BCUT2D eigenvalue weighted by Crippen LogP contribution is 2.23. The minimum atomic E-state index is -1.56. The first kappa shape index (κ1) is 69.7. The van der Waals surface area contributed by atoms with Crippen molar-refractivity contribution in [1.82, 2.24) is 5.32 Å². The van der Waals surface area contributed by atoms with E-state index in [4.69, 9.17) is 9.47 Å². The van der Waals surface area contributed by atoms with E-state index in [2.05, 4.69) is 31.3 Å². The Hall–Kier alpha value is -1.33. The highest BCUT2D eigenvalue weighted by Gasteiger charge is 2.44. The molecule has 9 nitrogen and oxygen atoms in total. The number of hydrogen-bond acceptors (Lipinski definition) is 8. The zero-order valence-corrected chi connectivity index (χ0v) is 48.2. The molecule has 0 bridgehead atoms. The maximum absolute atomic E-state index is 13.0. The number of amides is 1. The summed E-state index contributed by atoms with van der Waals surface area (Å²) in [5.41, 5.74) is 0. The van der Waals surface area contributed by atoms with Gasteiger partial charge in [0.1, 0.15) is 24.4 Å². The maximum Gasteiger partial charge on any atom is 0.220 e. The molecule has 0 aromatic carbocycles. The van der Waals surface area contributed by atoms with E-state index in [9.17, 15) is 30.3 Å². The first-order valence-corrected chi connectivity index (χ1v) is 32.1. The van der Waals surface area contributed by atoms with Crippen molar-refractivity contribution in [1.29, 1.82) is 0 Å². The van der Waals surface area contributed by atoms with Crippen LogP contribution in [0, 0.1) is 0 Å². The largest absolute Gasteiger partial charge is 0.394 e. The number of hydrogen-bond donors (Lipinski definition) is 6. The number of rotatable bonds is 56. The van der Waals surface area contributed by atoms with Gasteiger partial charge in [0.15, 0.2) is 6.29 Å². The van der Waals surface area contributed by atoms with Crippen LogP contribution in [0.3, 0.4) is 0 Å². The summed E-state index contributed by atoms with van der Waals surface area (Å²) in [6.07, 6.45) is 63.0. The first-order chi connectivity index (χ1) is 35.8. The van der Waals surface area contributed by atoms with Crippen molar-refractivity contribution in [3.8, 4) is 0 Å². The Morgan fingerprint density at radius 1 is 0.452 bits per heavy atom. The molecule has 9 heteroatoms. The zero-order chi connectivity index (χ0) is 52.9. The lowest BCUT2D eigenvalue weighted by molar-refractivity contribution is -0.302. The van der Waals surface area contributed by atoms with Gasteiger partial charge < -0.3 is 40.3 Å². The lowest BCUT2D eigenvalue weighted by atomic mass is 9.99. The summed E-state index contributed by atoms with van der Waals surface area (Å²) in [6, 6.07) is -0.800. The van der Waals surface area contributed by atoms with Crippen LogP contribution in [0.2, 0.25) is 0 Å². The van der Waals surface area contributed by atoms with Gasteiger partial charge in [0.2, 0.25) is 5.91 Å². The third-order valence-corrected chi connectivity index (χ3v) is 15.5. The van der Waals surface area contributed by atoms with Crippen molar-refractivity contribution < 1.29 is 39.8 Å². The molecule has 0 aliphatic carbocycles. The normalized spacial score (nSPS) is 19.1. The third-order valence-electron chi connectivity index (χ3n) is 15.5. The maximum atomic E-state index is 13.0. The van der Waals surface area contributed by atoms with Gasteiger partial charge in [0.05, 0.1) is 25.4 Å². The highest BCUT2D eigenvalue weighted by atomic mass is 16.7. The van der Waals surface area contributed by atoms with Gasteiger partial charge in [-0.05, 0) is 44.9 Å². The summed E-state index contributed by atoms with van der Waals surface area (Å²) in [7, 11) is 0. The molecule has 7 unspecified atom stereocenters. The Bertz CT molecular complexity index is 1200. The molecule has 6 N–H and O–H groups in total. The SMILES string of the molecule is CCCCCCCCCC/C=C\CCCCCCCCCCCCCCCCCCCCCCCCCCCCCC(=O)NC(COC1OC(CO)C(O)C(O)C1O)C(O)/C=C/CCCCCCCCCCC. The molecular formula is C64H123NO8. The lowest BCUT2D eigenvalue weighted by Crippen LogP contribution is -2.60. The number of aliphatic hydroxyl groups excluding tert-OH is 5. The summed E-state index contributed by atoms with van der Waals surface area (Å²) < 4.78 is 11.2. The van der Waals surface area contributed by atoms with Gasteiger partial charge in [-0.25, -0.2) is 0 Å². The minimum Gasteiger partial charge on any atom is -0.394 e. The van der Waals surface area contributed by atoms with Crippen molar-refractivity contribution in [2.24, 2.45) is 0 Å². The molecule has 7 atom stereocenters. The average molecular weight is 1030 g/mol. The number of aliphatic hydroxyl groups is 5. The molecule has 0 saturated carbocycles. The van der Waals surface area contributed by atoms with Crippen molar-refractivity contribution >= 4 is 5.91 Å². The van der Waals surface area contributed by atoms with E-state index in [1.807, 2.05) is 6.08 Å². The quantitative estimate of drug-likeness (QED) is 0.0261. The van der Waals surface area contributed by atoms with E-state index in [0.717, 1.165) is 38.5 Å². The standard InChI is InChI=1S/C64H123NO8/c1-3-5-7-9-11-13-15-16-17-18-19-20-21-22-23-24-25-26-27-28-29-30-31-32-33-34-35-36-37-38-39-40-41-42-44-46-48-50-52-54-60(68)65-57(56-72-64-63(71)62(70)61(69)59(55-66)73-64)58(67)53-51-49-47-45-43-14-12-10-8-6-4-2/h18-19,51,53,57-59,61-64,66-67,69-71H,3-17,20-50,52,54-56H2,1-2H3,(H,65,68)/b19-18-,53-51+. The molecule has 1 saturated heterocycles. The van der Waals surface area contributed by atoms with Gasteiger partial charge in [0, 0.05) is 6.42 Å². The minimum absolute atomic E-state index is 0.172. The zero-order valence-electron chi connectivity index (χ0n) is 48.2. The summed E-state index contributed by atoms with van der Waals surface area (Å²) >= 11 is 0. The van der Waals surface area contributed by atoms with Gasteiger partial charge in [0.25, 0.3) is 0 Å². The topological polar surface area (TPSA) is 149 Å². The molecule has 0 spiro atoms. The number of ether oxygens (including phenoxy) is 2. The molecule has 0 radical (unpaired) electrons. The van der Waals surface area contributed by atoms with Gasteiger partial charge in [-0.15, -0.1) is 0 Å². The average Bonchev–Trinajstić information content (AvgIpc) is 3.39. The van der Waals surface area contributed by atoms with E-state index in [-0.39, 0.29) is 12.5 Å². The second-order valence-corrected chi connectivity index (χ2v) is 22.6. The van der Waals surface area contributed by atoms with Gasteiger partial charge in [-0.3, -0.25) is 4.79 Å². The van der Waals surface area contributed by atoms with Crippen LogP contribution in [0.1, 0.15) is 322 Å². The number of unbranched alkanes of at least 4 members (excludes halogenated alkanes) is 44. The fourth-order valence-electron chi connectivity index (χ4n) is 10.4. The molecule has 1 fully saturated rings. The van der Waals surface area contributed by atoms with Crippen LogP contribution in [-0.2, 0) is 14.3 Å². The Morgan fingerprint density at radius 3 is 1.11 bits per heavy atom. The Morgan fingerprint density at radius 2 is 0.767 bits per heavy atom. The van der Waals surface area contributed by atoms with Crippen molar-refractivity contribution in [3.63, 3.8) is 0 Å². The Balaban J connectivity index is 1.99. The van der Waals surface area contributed by atoms with Crippen LogP contribution in [0.15, 0.2) is 24.3 Å². The van der Waals surface area contributed by atoms with Crippen molar-refractivity contribution in [2.45, 2.75) is 365 Å². The first-order valence-electron chi connectivity index (χ1n) is 32.1. The summed E-state index contributed by atoms with van der Waals surface area (Å²) in [4.78, 5) is 13.0. The van der Waals surface area contributed by atoms with Crippen LogP contribution >= 0.6 is 0 Å². The van der Waals surface area contributed by atoms with Gasteiger partial charge in [-0.2, -0.15) is 0 Å². The Labute approximate surface area is 451 Å². The molecule has 73 heavy (non-hydrogen) atoms. The third kappa shape index (κ3) is 43.4. The van der Waals surface area contributed by atoms with Gasteiger partial charge in [-0.1, -0.05) is 295 Å². The Kier molecular flexibility index (Phi) is 51.6. The van der Waals surface area contributed by atoms with E-state index in [0.29, 0.717) is 6.42 Å². The highest BCUT2D eigenvalue weighted by molar-refractivity contribution is 5.76. The molecule has 1 heterocycles. The van der Waals surface area contributed by atoms with E-state index < -0.39 is 49.5 Å². The lowest BCUT2D eigenvalue weighted by Gasteiger charge is -2.40. The molecule has 1 aliphatic rings. The van der Waals surface area contributed by atoms with Crippen LogP contribution in [-0.4, -0.2) is 87.5 Å². The predicted octanol–water partition coefficient (Wildman–Crippen LogP) is 16.5. The molecule has 0 aromatic heterocycles. The van der Waals surface area contributed by atoms with Crippen LogP contribution < -0.4 is 5.32 Å². The fraction of sp³-hybridized carbons (Fsp3) is 0.922. The number of allylic oxidation sites excluding steroid dienone is 3. The van der Waals surface area contributed by atoms with Crippen LogP contribution in [0.25, 0.3) is 0 Å². The second kappa shape index (κ2) is 54.0. The van der Waals surface area contributed by atoms with Gasteiger partial charge >= 0.3 is 0 Å². The second-order valence-electron chi connectivity index (χ2n) is 22.6. The molecule has 0 aromatic rings. The number of carbonyl (C=O) groups excluding carboxylic acids is 1. The summed E-state index contributed by atoms with van der Waals surface area (Å²) in [5, 5.41) is 54.4. The van der Waals surface area contributed by atoms with Crippen molar-refractivity contribution in [2.75, 3.05) is 13.2 Å². The fourth-order valence-corrected chi connectivity index (χ4v) is 10.4. The van der Waals surface area contributed by atoms with Crippen LogP contribution in [0.5, 0.6) is 0 Å². The summed E-state index contributed by atoms with van der Waals surface area (Å²) in [6.45, 7) is 3.79. The number of carbonyl (C=O) groups is 1. The molecule has 1 rings (SSSR count). The molecule has 1 aliphatic heterocycles. The van der Waals surface area contributed by atoms with Crippen molar-refractivity contribution in [3.05, 3.63) is 24.3 Å². The molecule has 1 amide bonds. The van der Waals surface area contributed by atoms with Crippen LogP contribution in [0.4, 0.5) is 0 Å². The number of nitrogens with one attached hydrogen (secondary N) is 1. The van der Waals surface area contributed by atoms with E-state index in [1.54, 1.807) is 6.08 Å². The van der Waals surface area contributed by atoms with E-state index >= 15 is 0 Å². The molecular weight excluding hydrogens is 911 g/mol. The predicted molar refractivity (Wildman–Crippen MR) is 309 cm³/mol.